The lowest BCUT2D eigenvalue weighted by atomic mass is 9.97. The molecule has 21 heavy (non-hydrogen) atoms. The smallest absolute Gasteiger partial charge is 0.230 e. The van der Waals surface area contributed by atoms with Gasteiger partial charge in [-0.05, 0) is 36.2 Å². The number of anilines is 1. The van der Waals surface area contributed by atoms with E-state index in [1.165, 1.54) is 0 Å². The minimum Gasteiger partial charge on any atom is -0.367 e. The lowest BCUT2D eigenvalue weighted by molar-refractivity contribution is 0.439. The molecule has 0 saturated heterocycles. The van der Waals surface area contributed by atoms with Crippen LogP contribution in [0.3, 0.4) is 0 Å². The highest BCUT2D eigenvalue weighted by molar-refractivity contribution is 9.11. The maximum Gasteiger partial charge on any atom is 0.230 e. The first-order chi connectivity index (χ1) is 10.1. The summed E-state index contributed by atoms with van der Waals surface area (Å²) >= 11 is 6.99. The number of nitrogens with two attached hydrogens (primary N) is 1. The van der Waals surface area contributed by atoms with Gasteiger partial charge in [-0.2, -0.15) is 0 Å². The van der Waals surface area contributed by atoms with Crippen molar-refractivity contribution in [1.29, 1.82) is 0 Å². The van der Waals surface area contributed by atoms with Gasteiger partial charge >= 0.3 is 0 Å². The summed E-state index contributed by atoms with van der Waals surface area (Å²) in [6.07, 6.45) is 0. The average molecular weight is 408 g/mol. The number of nitrogens with zero attached hydrogens (tertiary/aromatic N) is 1. The summed E-state index contributed by atoms with van der Waals surface area (Å²) in [6, 6.07) is 14.0. The molecule has 0 bridgehead atoms. The summed E-state index contributed by atoms with van der Waals surface area (Å²) in [4.78, 5) is 0. The third kappa shape index (κ3) is 2.76. The molecule has 0 spiro atoms. The van der Waals surface area contributed by atoms with Gasteiger partial charge in [-0.15, -0.1) is 0 Å². The van der Waals surface area contributed by atoms with E-state index in [1.807, 2.05) is 49.4 Å². The Hall–Kier alpha value is -1.59. The summed E-state index contributed by atoms with van der Waals surface area (Å²) in [5.41, 5.74) is 10.7. The van der Waals surface area contributed by atoms with Crippen LogP contribution in [0.4, 0.5) is 5.88 Å². The second-order valence-corrected chi connectivity index (χ2v) is 6.57. The third-order valence-corrected chi connectivity index (χ3v) is 4.18. The molecule has 3 rings (SSSR count). The Morgan fingerprint density at radius 1 is 1.05 bits per heavy atom. The van der Waals surface area contributed by atoms with Crippen LogP contribution in [0, 0.1) is 6.92 Å². The first-order valence-corrected chi connectivity index (χ1v) is 7.92. The van der Waals surface area contributed by atoms with Crippen LogP contribution in [0.25, 0.3) is 22.4 Å². The maximum atomic E-state index is 6.00. The van der Waals surface area contributed by atoms with Crippen molar-refractivity contribution in [2.24, 2.45) is 0 Å². The van der Waals surface area contributed by atoms with Crippen LogP contribution in [0.5, 0.6) is 0 Å². The zero-order chi connectivity index (χ0) is 15.0. The van der Waals surface area contributed by atoms with Crippen molar-refractivity contribution < 1.29 is 4.52 Å². The summed E-state index contributed by atoms with van der Waals surface area (Å²) in [6.45, 7) is 2.04. The molecule has 3 aromatic rings. The fourth-order valence-corrected chi connectivity index (χ4v) is 3.60. The van der Waals surface area contributed by atoms with E-state index in [9.17, 15) is 0 Å². The van der Waals surface area contributed by atoms with Gasteiger partial charge in [0, 0.05) is 14.5 Å². The van der Waals surface area contributed by atoms with E-state index in [2.05, 4.69) is 37.0 Å². The molecule has 0 saturated carbocycles. The second-order valence-electron chi connectivity index (χ2n) is 4.74. The Balaban J connectivity index is 2.24. The van der Waals surface area contributed by atoms with E-state index in [1.54, 1.807) is 0 Å². The number of benzene rings is 2. The molecule has 0 amide bonds. The minimum absolute atomic E-state index is 0.329. The van der Waals surface area contributed by atoms with Crippen molar-refractivity contribution in [3.63, 3.8) is 0 Å². The van der Waals surface area contributed by atoms with Gasteiger partial charge in [0.1, 0.15) is 5.69 Å². The van der Waals surface area contributed by atoms with Crippen LogP contribution < -0.4 is 5.73 Å². The van der Waals surface area contributed by atoms with Gasteiger partial charge in [0.05, 0.1) is 5.56 Å². The number of nitrogen functional groups attached to an aromatic ring is 1. The maximum absolute atomic E-state index is 6.00. The first-order valence-electron chi connectivity index (χ1n) is 6.34. The molecule has 1 heterocycles. The topological polar surface area (TPSA) is 52.0 Å². The fraction of sp³-hybridized carbons (Fsp3) is 0.0625. The molecule has 0 unspecified atom stereocenters. The largest absolute Gasteiger partial charge is 0.367 e. The predicted molar refractivity (Wildman–Crippen MR) is 91.9 cm³/mol. The number of hydrogen-bond acceptors (Lipinski definition) is 3. The third-order valence-electron chi connectivity index (χ3n) is 3.27. The molecule has 0 aliphatic carbocycles. The van der Waals surface area contributed by atoms with Crippen molar-refractivity contribution in [2.45, 2.75) is 6.92 Å². The van der Waals surface area contributed by atoms with Crippen LogP contribution in [0.1, 0.15) is 5.56 Å². The van der Waals surface area contributed by atoms with E-state index >= 15 is 0 Å². The van der Waals surface area contributed by atoms with E-state index in [0.717, 1.165) is 36.9 Å². The molecule has 3 nitrogen and oxygen atoms in total. The van der Waals surface area contributed by atoms with Gasteiger partial charge in [-0.25, -0.2) is 0 Å². The minimum atomic E-state index is 0.329. The van der Waals surface area contributed by atoms with Crippen LogP contribution in [0.15, 0.2) is 55.9 Å². The molecule has 0 aliphatic heterocycles. The lowest BCUT2D eigenvalue weighted by Crippen LogP contribution is -1.90. The SMILES string of the molecule is Cc1ccccc1-c1c(-c2cc(Br)cc(Br)c2)noc1N. The molecule has 1 aromatic heterocycles. The monoisotopic (exact) mass is 406 g/mol. The van der Waals surface area contributed by atoms with Gasteiger partial charge in [-0.3, -0.25) is 0 Å². The molecule has 0 atom stereocenters. The molecule has 0 radical (unpaired) electrons. The van der Waals surface area contributed by atoms with Gasteiger partial charge in [0.15, 0.2) is 0 Å². The normalized spacial score (nSPS) is 10.8. The summed E-state index contributed by atoms with van der Waals surface area (Å²) in [5.74, 6) is 0.329. The predicted octanol–water partition coefficient (Wildman–Crippen LogP) is 5.42. The van der Waals surface area contributed by atoms with Gasteiger partial charge in [0.2, 0.25) is 5.88 Å². The van der Waals surface area contributed by atoms with E-state index < -0.39 is 0 Å². The van der Waals surface area contributed by atoms with Crippen LogP contribution in [0.2, 0.25) is 0 Å². The number of halogens is 2. The molecular formula is C16H12Br2N2O. The number of hydrogen-bond donors (Lipinski definition) is 1. The molecule has 5 heteroatoms. The van der Waals surface area contributed by atoms with Crippen LogP contribution in [-0.4, -0.2) is 5.16 Å². The van der Waals surface area contributed by atoms with Gasteiger partial charge < -0.3 is 10.3 Å². The second kappa shape index (κ2) is 5.66. The molecular weight excluding hydrogens is 396 g/mol. The van der Waals surface area contributed by atoms with Crippen molar-refractivity contribution in [2.75, 3.05) is 5.73 Å². The van der Waals surface area contributed by atoms with Crippen LogP contribution >= 0.6 is 31.9 Å². The quantitative estimate of drug-likeness (QED) is 0.616. The Bertz CT molecular complexity index is 792. The van der Waals surface area contributed by atoms with Crippen molar-refractivity contribution in [3.05, 3.63) is 57.0 Å². The molecule has 0 fully saturated rings. The Morgan fingerprint density at radius 3 is 2.38 bits per heavy atom. The molecule has 106 valence electrons. The highest BCUT2D eigenvalue weighted by Gasteiger charge is 2.19. The Kier molecular flexibility index (Phi) is 3.87. The standard InChI is InChI=1S/C16H12Br2N2O/c1-9-4-2-3-5-13(9)14-15(20-21-16(14)19)10-6-11(17)8-12(18)7-10/h2-8H,19H2,1H3. The number of aromatic nitrogens is 1. The van der Waals surface area contributed by atoms with Crippen molar-refractivity contribution in [3.8, 4) is 22.4 Å². The lowest BCUT2D eigenvalue weighted by Gasteiger charge is -2.07. The van der Waals surface area contributed by atoms with Gasteiger partial charge in [0.25, 0.3) is 0 Å². The van der Waals surface area contributed by atoms with Gasteiger partial charge in [-0.1, -0.05) is 61.3 Å². The van der Waals surface area contributed by atoms with E-state index in [4.69, 9.17) is 10.3 Å². The van der Waals surface area contributed by atoms with E-state index in [-0.39, 0.29) is 0 Å². The summed E-state index contributed by atoms with van der Waals surface area (Å²) in [7, 11) is 0. The molecule has 0 aliphatic rings. The highest BCUT2D eigenvalue weighted by atomic mass is 79.9. The summed E-state index contributed by atoms with van der Waals surface area (Å²) < 4.78 is 7.16. The number of aryl methyl sites for hydroxylation is 1. The Morgan fingerprint density at radius 2 is 1.71 bits per heavy atom. The molecule has 2 N–H and O–H groups in total. The van der Waals surface area contributed by atoms with Crippen LogP contribution in [-0.2, 0) is 0 Å². The average Bonchev–Trinajstić information content (AvgIpc) is 2.80. The number of rotatable bonds is 2. The zero-order valence-corrected chi connectivity index (χ0v) is 14.4. The zero-order valence-electron chi connectivity index (χ0n) is 11.2. The highest BCUT2D eigenvalue weighted by Crippen LogP contribution is 2.39. The Labute approximate surface area is 139 Å². The summed E-state index contributed by atoms with van der Waals surface area (Å²) in [5, 5.41) is 4.14. The van der Waals surface area contributed by atoms with Crippen molar-refractivity contribution >= 4 is 37.7 Å². The fourth-order valence-electron chi connectivity index (χ4n) is 2.30. The molecule has 2 aromatic carbocycles. The van der Waals surface area contributed by atoms with Crippen molar-refractivity contribution in [1.82, 2.24) is 5.16 Å². The van der Waals surface area contributed by atoms with E-state index in [0.29, 0.717) is 5.88 Å². The first kappa shape index (κ1) is 14.4.